The van der Waals surface area contributed by atoms with E-state index in [1.54, 1.807) is 43.5 Å². The van der Waals surface area contributed by atoms with Gasteiger partial charge in [-0.05, 0) is 78.7 Å². The standard InChI is InChI=1S/C26H27N3O3/c1-29-13-12-19-6-9-23(15-22(19)17-29)28-26(31)21-5-3-4-18(14-21)16-27-25(30)20-7-10-24(32-2)11-8-20/h3-11,14-15H,12-13,16-17H2,1-2H3,(H,27,30)(H,28,31). The lowest BCUT2D eigenvalue weighted by Gasteiger charge is -2.25. The van der Waals surface area contributed by atoms with Crippen molar-refractivity contribution in [3.8, 4) is 5.75 Å². The quantitative estimate of drug-likeness (QED) is 0.624. The van der Waals surface area contributed by atoms with E-state index < -0.39 is 0 Å². The predicted molar refractivity (Wildman–Crippen MR) is 125 cm³/mol. The van der Waals surface area contributed by atoms with Crippen molar-refractivity contribution in [2.24, 2.45) is 0 Å². The number of anilines is 1. The fourth-order valence-electron chi connectivity index (χ4n) is 3.83. The second kappa shape index (κ2) is 9.66. The van der Waals surface area contributed by atoms with Crippen LogP contribution in [0.2, 0.25) is 0 Å². The number of carbonyl (C=O) groups is 2. The monoisotopic (exact) mass is 429 g/mol. The highest BCUT2D eigenvalue weighted by molar-refractivity contribution is 6.04. The summed E-state index contributed by atoms with van der Waals surface area (Å²) in [6, 6.07) is 20.3. The minimum atomic E-state index is -0.179. The molecule has 2 N–H and O–H groups in total. The third-order valence-electron chi connectivity index (χ3n) is 5.66. The summed E-state index contributed by atoms with van der Waals surface area (Å²) >= 11 is 0. The van der Waals surface area contributed by atoms with Gasteiger partial charge < -0.3 is 20.3 Å². The van der Waals surface area contributed by atoms with Crippen LogP contribution in [0, 0.1) is 0 Å². The molecule has 1 aliphatic rings. The summed E-state index contributed by atoms with van der Waals surface area (Å²) in [6.07, 6.45) is 1.03. The molecule has 0 atom stereocenters. The molecule has 4 rings (SSSR count). The topological polar surface area (TPSA) is 70.7 Å². The maximum atomic E-state index is 12.8. The minimum Gasteiger partial charge on any atom is -0.497 e. The highest BCUT2D eigenvalue weighted by Crippen LogP contribution is 2.22. The largest absolute Gasteiger partial charge is 0.497 e. The number of hydrogen-bond donors (Lipinski definition) is 2. The van der Waals surface area contributed by atoms with Crippen molar-refractivity contribution in [2.75, 3.05) is 26.0 Å². The van der Waals surface area contributed by atoms with E-state index in [2.05, 4.69) is 34.7 Å². The third-order valence-corrected chi connectivity index (χ3v) is 5.66. The summed E-state index contributed by atoms with van der Waals surface area (Å²) in [7, 11) is 3.69. The first-order valence-corrected chi connectivity index (χ1v) is 10.6. The lowest BCUT2D eigenvalue weighted by atomic mass is 9.99. The molecule has 1 heterocycles. The molecule has 2 amide bonds. The van der Waals surface area contributed by atoms with Crippen LogP contribution in [0.25, 0.3) is 0 Å². The summed E-state index contributed by atoms with van der Waals surface area (Å²) in [4.78, 5) is 27.5. The molecule has 0 saturated heterocycles. The fourth-order valence-corrected chi connectivity index (χ4v) is 3.83. The van der Waals surface area contributed by atoms with Crippen LogP contribution in [0.5, 0.6) is 5.75 Å². The molecule has 0 aromatic heterocycles. The smallest absolute Gasteiger partial charge is 0.255 e. The van der Waals surface area contributed by atoms with Crippen molar-refractivity contribution < 1.29 is 14.3 Å². The Kier molecular flexibility index (Phi) is 6.52. The molecule has 32 heavy (non-hydrogen) atoms. The Hall–Kier alpha value is -3.64. The average Bonchev–Trinajstić information content (AvgIpc) is 2.82. The molecule has 0 fully saturated rings. The van der Waals surface area contributed by atoms with Crippen LogP contribution in [-0.2, 0) is 19.5 Å². The van der Waals surface area contributed by atoms with Gasteiger partial charge in [0.15, 0.2) is 0 Å². The van der Waals surface area contributed by atoms with Gasteiger partial charge in [-0.15, -0.1) is 0 Å². The molecule has 0 aliphatic carbocycles. The maximum absolute atomic E-state index is 12.8. The van der Waals surface area contributed by atoms with Gasteiger partial charge in [0, 0.05) is 36.4 Å². The summed E-state index contributed by atoms with van der Waals surface area (Å²) in [5.41, 5.74) is 5.35. The van der Waals surface area contributed by atoms with Gasteiger partial charge in [0.25, 0.3) is 11.8 Å². The molecule has 0 spiro atoms. The van der Waals surface area contributed by atoms with E-state index in [1.807, 2.05) is 18.2 Å². The van der Waals surface area contributed by atoms with Gasteiger partial charge in [0.05, 0.1) is 7.11 Å². The number of methoxy groups -OCH3 is 1. The zero-order valence-electron chi connectivity index (χ0n) is 18.4. The SMILES string of the molecule is COc1ccc(C(=O)NCc2cccc(C(=O)Nc3ccc4c(c3)CN(C)CC4)c2)cc1. The fraction of sp³-hybridized carbons (Fsp3) is 0.231. The zero-order chi connectivity index (χ0) is 22.5. The van der Waals surface area contributed by atoms with Gasteiger partial charge in [0.2, 0.25) is 0 Å². The normalized spacial score (nSPS) is 13.2. The Morgan fingerprint density at radius 1 is 0.938 bits per heavy atom. The number of likely N-dealkylation sites (N-methyl/N-ethyl adjacent to an activating group) is 1. The molecule has 1 aliphatic heterocycles. The van der Waals surface area contributed by atoms with Crippen LogP contribution < -0.4 is 15.4 Å². The lowest BCUT2D eigenvalue weighted by molar-refractivity contribution is 0.0950. The van der Waals surface area contributed by atoms with Gasteiger partial charge in [-0.2, -0.15) is 0 Å². The number of fused-ring (bicyclic) bond motifs is 1. The van der Waals surface area contributed by atoms with Crippen molar-refractivity contribution >= 4 is 17.5 Å². The van der Waals surface area contributed by atoms with Crippen LogP contribution in [0.15, 0.2) is 66.7 Å². The average molecular weight is 430 g/mol. The Balaban J connectivity index is 1.38. The molecule has 6 heteroatoms. The van der Waals surface area contributed by atoms with E-state index in [1.165, 1.54) is 11.1 Å². The van der Waals surface area contributed by atoms with Crippen molar-refractivity contribution in [3.63, 3.8) is 0 Å². The number of nitrogens with one attached hydrogen (secondary N) is 2. The number of carbonyl (C=O) groups excluding carboxylic acids is 2. The predicted octanol–water partition coefficient (Wildman–Crippen LogP) is 3.87. The molecule has 3 aromatic rings. The molecule has 0 saturated carbocycles. The molecule has 0 bridgehead atoms. The molecule has 6 nitrogen and oxygen atoms in total. The van der Waals surface area contributed by atoms with Crippen LogP contribution in [0.1, 0.15) is 37.4 Å². The van der Waals surface area contributed by atoms with Crippen LogP contribution in [-0.4, -0.2) is 37.4 Å². The van der Waals surface area contributed by atoms with E-state index in [4.69, 9.17) is 4.74 Å². The van der Waals surface area contributed by atoms with Crippen molar-refractivity contribution in [2.45, 2.75) is 19.5 Å². The molecule has 3 aromatic carbocycles. The number of amides is 2. The van der Waals surface area contributed by atoms with Crippen LogP contribution in [0.3, 0.4) is 0 Å². The van der Waals surface area contributed by atoms with E-state index >= 15 is 0 Å². The second-order valence-electron chi connectivity index (χ2n) is 8.04. The summed E-state index contributed by atoms with van der Waals surface area (Å²) in [5.74, 6) is 0.352. The highest BCUT2D eigenvalue weighted by atomic mass is 16.5. The zero-order valence-corrected chi connectivity index (χ0v) is 18.4. The van der Waals surface area contributed by atoms with E-state index in [-0.39, 0.29) is 11.8 Å². The van der Waals surface area contributed by atoms with Gasteiger partial charge in [-0.1, -0.05) is 18.2 Å². The van der Waals surface area contributed by atoms with Gasteiger partial charge in [0.1, 0.15) is 5.75 Å². The lowest BCUT2D eigenvalue weighted by Crippen LogP contribution is -2.26. The molecule has 0 radical (unpaired) electrons. The van der Waals surface area contributed by atoms with Crippen molar-refractivity contribution in [3.05, 3.63) is 94.5 Å². The second-order valence-corrected chi connectivity index (χ2v) is 8.04. The molecule has 164 valence electrons. The van der Waals surface area contributed by atoms with Crippen molar-refractivity contribution in [1.29, 1.82) is 0 Å². The Morgan fingerprint density at radius 2 is 1.75 bits per heavy atom. The number of ether oxygens (including phenoxy) is 1. The summed E-state index contributed by atoms with van der Waals surface area (Å²) in [5, 5.41) is 5.89. The minimum absolute atomic E-state index is 0.169. The Labute approximate surface area is 188 Å². The van der Waals surface area contributed by atoms with Crippen molar-refractivity contribution in [1.82, 2.24) is 10.2 Å². The number of nitrogens with zero attached hydrogens (tertiary/aromatic N) is 1. The highest BCUT2D eigenvalue weighted by Gasteiger charge is 2.15. The van der Waals surface area contributed by atoms with Gasteiger partial charge in [-0.25, -0.2) is 0 Å². The molecule has 0 unspecified atom stereocenters. The first-order chi connectivity index (χ1) is 15.5. The Bertz CT molecular complexity index is 1130. The molecular weight excluding hydrogens is 402 g/mol. The van der Waals surface area contributed by atoms with Crippen LogP contribution >= 0.6 is 0 Å². The first-order valence-electron chi connectivity index (χ1n) is 10.6. The summed E-state index contributed by atoms with van der Waals surface area (Å²) in [6.45, 7) is 2.28. The van der Waals surface area contributed by atoms with Crippen LogP contribution in [0.4, 0.5) is 5.69 Å². The number of hydrogen-bond acceptors (Lipinski definition) is 4. The molecular formula is C26H27N3O3. The Morgan fingerprint density at radius 3 is 2.53 bits per heavy atom. The number of rotatable bonds is 6. The van der Waals surface area contributed by atoms with E-state index in [9.17, 15) is 9.59 Å². The van der Waals surface area contributed by atoms with E-state index in [0.29, 0.717) is 23.4 Å². The van der Waals surface area contributed by atoms with Gasteiger partial charge in [-0.3, -0.25) is 9.59 Å². The number of benzene rings is 3. The third kappa shape index (κ3) is 5.15. The van der Waals surface area contributed by atoms with Gasteiger partial charge >= 0.3 is 0 Å². The maximum Gasteiger partial charge on any atom is 0.255 e. The first kappa shape index (κ1) is 21.6. The summed E-state index contributed by atoms with van der Waals surface area (Å²) < 4.78 is 5.12. The van der Waals surface area contributed by atoms with E-state index in [0.717, 1.165) is 30.8 Å².